The fourth-order valence-electron chi connectivity index (χ4n) is 3.46. The highest BCUT2D eigenvalue weighted by Gasteiger charge is 2.23. The fraction of sp³-hybridized carbons (Fsp3) is 0.400. The summed E-state index contributed by atoms with van der Waals surface area (Å²) in [7, 11) is 1.76. The monoisotopic (exact) mass is 344 g/mol. The minimum absolute atomic E-state index is 1.02. The Hall–Kier alpha value is -1.49. The minimum atomic E-state index is 1.02. The van der Waals surface area contributed by atoms with E-state index in [1.54, 1.807) is 16.9 Å². The molecule has 0 radical (unpaired) electrons. The summed E-state index contributed by atoms with van der Waals surface area (Å²) in [6, 6.07) is 17.5. The van der Waals surface area contributed by atoms with Crippen molar-refractivity contribution in [2.75, 3.05) is 39.5 Å². The third kappa shape index (κ3) is 4.53. The van der Waals surface area contributed by atoms with Crippen LogP contribution in [-0.2, 0) is 13.1 Å². The van der Waals surface area contributed by atoms with Crippen LogP contribution in [0.3, 0.4) is 0 Å². The van der Waals surface area contributed by atoms with Gasteiger partial charge in [0.1, 0.15) is 45.0 Å². The Bertz CT molecular complexity index is 636. The van der Waals surface area contributed by atoms with Crippen molar-refractivity contribution in [3.8, 4) is 5.75 Å². The van der Waals surface area contributed by atoms with Crippen LogP contribution in [0.5, 0.6) is 5.75 Å². The summed E-state index contributed by atoms with van der Waals surface area (Å²) in [4.78, 5) is 4.72. The SMILES string of the molecule is COc1ccccc1C[NH+]1CC[NH+](Cc2ccc(SC)cc2)CC1. The second kappa shape index (κ2) is 8.56. The first kappa shape index (κ1) is 17.3. The number of thioether (sulfide) groups is 1. The predicted molar refractivity (Wildman–Crippen MR) is 100 cm³/mol. The van der Waals surface area contributed by atoms with Crippen molar-refractivity contribution < 1.29 is 14.5 Å². The second-order valence-electron chi connectivity index (χ2n) is 6.51. The third-order valence-corrected chi connectivity index (χ3v) is 5.65. The van der Waals surface area contributed by atoms with Gasteiger partial charge in [-0.05, 0) is 30.5 Å². The molecule has 0 amide bonds. The summed E-state index contributed by atoms with van der Waals surface area (Å²) in [5, 5.41) is 0. The molecule has 0 unspecified atom stereocenters. The number of hydrogen-bond acceptors (Lipinski definition) is 2. The molecular formula is C20H28N2OS+2. The number of piperazine rings is 1. The molecule has 1 saturated heterocycles. The van der Waals surface area contributed by atoms with E-state index in [0.717, 1.165) is 18.8 Å². The van der Waals surface area contributed by atoms with Crippen LogP contribution in [-0.4, -0.2) is 39.5 Å². The maximum Gasteiger partial charge on any atom is 0.127 e. The van der Waals surface area contributed by atoms with Crippen LogP contribution in [0.1, 0.15) is 11.1 Å². The van der Waals surface area contributed by atoms with Gasteiger partial charge in [-0.2, -0.15) is 0 Å². The first-order chi connectivity index (χ1) is 11.8. The van der Waals surface area contributed by atoms with Gasteiger partial charge in [0.2, 0.25) is 0 Å². The maximum absolute atomic E-state index is 5.49. The highest BCUT2D eigenvalue weighted by Crippen LogP contribution is 2.16. The molecule has 0 atom stereocenters. The van der Waals surface area contributed by atoms with Gasteiger partial charge < -0.3 is 14.5 Å². The van der Waals surface area contributed by atoms with Gasteiger partial charge in [0.05, 0.1) is 7.11 Å². The normalized spacial score (nSPS) is 20.8. The van der Waals surface area contributed by atoms with Crippen LogP contribution in [0.25, 0.3) is 0 Å². The first-order valence-corrected chi connectivity index (χ1v) is 9.93. The fourth-order valence-corrected chi connectivity index (χ4v) is 3.87. The van der Waals surface area contributed by atoms with Crippen molar-refractivity contribution in [1.29, 1.82) is 0 Å². The van der Waals surface area contributed by atoms with E-state index in [9.17, 15) is 0 Å². The molecule has 1 fully saturated rings. The van der Waals surface area contributed by atoms with E-state index in [0.29, 0.717) is 0 Å². The van der Waals surface area contributed by atoms with Crippen LogP contribution in [0, 0.1) is 0 Å². The number of benzene rings is 2. The summed E-state index contributed by atoms with van der Waals surface area (Å²) in [5.41, 5.74) is 2.78. The van der Waals surface area contributed by atoms with Gasteiger partial charge >= 0.3 is 0 Å². The zero-order valence-electron chi connectivity index (χ0n) is 14.7. The molecule has 3 rings (SSSR count). The molecule has 3 nitrogen and oxygen atoms in total. The quantitative estimate of drug-likeness (QED) is 0.759. The van der Waals surface area contributed by atoms with Gasteiger partial charge in [0, 0.05) is 16.0 Å². The van der Waals surface area contributed by atoms with Crippen molar-refractivity contribution in [1.82, 2.24) is 0 Å². The molecular weight excluding hydrogens is 316 g/mol. The van der Waals surface area contributed by atoms with Gasteiger partial charge in [-0.15, -0.1) is 11.8 Å². The molecule has 1 aliphatic heterocycles. The smallest absolute Gasteiger partial charge is 0.127 e. The lowest BCUT2D eigenvalue weighted by Crippen LogP contribution is -3.27. The summed E-state index contributed by atoms with van der Waals surface area (Å²) in [6.45, 7) is 7.17. The highest BCUT2D eigenvalue weighted by molar-refractivity contribution is 7.98. The number of rotatable bonds is 6. The van der Waals surface area contributed by atoms with E-state index < -0.39 is 0 Å². The lowest BCUT2D eigenvalue weighted by Gasteiger charge is -2.30. The van der Waals surface area contributed by atoms with Crippen LogP contribution >= 0.6 is 11.8 Å². The van der Waals surface area contributed by atoms with E-state index in [1.165, 1.54) is 42.2 Å². The number of para-hydroxylation sites is 1. The van der Waals surface area contributed by atoms with Crippen molar-refractivity contribution in [2.24, 2.45) is 0 Å². The number of methoxy groups -OCH3 is 1. The molecule has 2 aromatic carbocycles. The van der Waals surface area contributed by atoms with Crippen LogP contribution in [0.15, 0.2) is 53.4 Å². The molecule has 128 valence electrons. The molecule has 1 aliphatic rings. The predicted octanol–water partition coefficient (Wildman–Crippen LogP) is 0.901. The highest BCUT2D eigenvalue weighted by atomic mass is 32.2. The minimum Gasteiger partial charge on any atom is -0.496 e. The Morgan fingerprint density at radius 3 is 2.12 bits per heavy atom. The van der Waals surface area contributed by atoms with E-state index in [2.05, 4.69) is 48.7 Å². The molecule has 0 saturated carbocycles. The largest absolute Gasteiger partial charge is 0.496 e. The molecule has 4 heteroatoms. The van der Waals surface area contributed by atoms with E-state index >= 15 is 0 Å². The Morgan fingerprint density at radius 1 is 0.875 bits per heavy atom. The number of hydrogen-bond donors (Lipinski definition) is 2. The van der Waals surface area contributed by atoms with Crippen LogP contribution in [0.4, 0.5) is 0 Å². The molecule has 0 bridgehead atoms. The summed E-state index contributed by atoms with van der Waals surface area (Å²) in [5.74, 6) is 1.02. The number of quaternary nitrogens is 2. The molecule has 0 spiro atoms. The van der Waals surface area contributed by atoms with Gasteiger partial charge in [-0.25, -0.2) is 0 Å². The molecule has 1 heterocycles. The zero-order chi connectivity index (χ0) is 16.8. The van der Waals surface area contributed by atoms with Crippen molar-refractivity contribution in [3.05, 3.63) is 59.7 Å². The summed E-state index contributed by atoms with van der Waals surface area (Å²) >= 11 is 1.81. The van der Waals surface area contributed by atoms with E-state index in [-0.39, 0.29) is 0 Å². The zero-order valence-corrected chi connectivity index (χ0v) is 15.5. The topological polar surface area (TPSA) is 18.1 Å². The number of ether oxygens (including phenoxy) is 1. The van der Waals surface area contributed by atoms with Gasteiger partial charge in [-0.1, -0.05) is 24.3 Å². The van der Waals surface area contributed by atoms with Gasteiger partial charge in [0.15, 0.2) is 0 Å². The average Bonchev–Trinajstić information content (AvgIpc) is 2.64. The number of nitrogens with one attached hydrogen (secondary N) is 2. The lowest BCUT2D eigenvalue weighted by atomic mass is 10.1. The van der Waals surface area contributed by atoms with Crippen LogP contribution in [0.2, 0.25) is 0 Å². The maximum atomic E-state index is 5.49. The molecule has 2 aromatic rings. The van der Waals surface area contributed by atoms with Crippen molar-refractivity contribution in [3.63, 3.8) is 0 Å². The van der Waals surface area contributed by atoms with E-state index in [4.69, 9.17) is 4.74 Å². The molecule has 0 aliphatic carbocycles. The summed E-state index contributed by atoms with van der Waals surface area (Å²) < 4.78 is 5.49. The lowest BCUT2D eigenvalue weighted by molar-refractivity contribution is -1.02. The third-order valence-electron chi connectivity index (χ3n) is 4.91. The Labute approximate surface area is 149 Å². The average molecular weight is 345 g/mol. The van der Waals surface area contributed by atoms with Crippen LogP contribution < -0.4 is 14.5 Å². The van der Waals surface area contributed by atoms with Crippen molar-refractivity contribution in [2.45, 2.75) is 18.0 Å². The Balaban J connectivity index is 1.50. The summed E-state index contributed by atoms with van der Waals surface area (Å²) in [6.07, 6.45) is 2.13. The van der Waals surface area contributed by atoms with E-state index in [1.807, 2.05) is 17.8 Å². The van der Waals surface area contributed by atoms with Gasteiger partial charge in [0.25, 0.3) is 0 Å². The van der Waals surface area contributed by atoms with Gasteiger partial charge in [-0.3, -0.25) is 0 Å². The standard InChI is InChI=1S/C20H26N2OS/c1-23-20-6-4-3-5-18(20)16-22-13-11-21(12-14-22)15-17-7-9-19(24-2)10-8-17/h3-10H,11-16H2,1-2H3/p+2. The molecule has 2 N–H and O–H groups in total. The Kier molecular flexibility index (Phi) is 6.18. The first-order valence-electron chi connectivity index (χ1n) is 8.70. The molecule has 24 heavy (non-hydrogen) atoms. The molecule has 0 aromatic heterocycles. The Morgan fingerprint density at radius 2 is 1.50 bits per heavy atom. The second-order valence-corrected chi connectivity index (χ2v) is 7.39. The van der Waals surface area contributed by atoms with Crippen molar-refractivity contribution >= 4 is 11.8 Å².